The minimum atomic E-state index is -4.10. The maximum absolute atomic E-state index is 13.0. The average molecular weight is 414 g/mol. The van der Waals surface area contributed by atoms with Crippen molar-refractivity contribution in [2.75, 3.05) is 6.54 Å². The minimum Gasteiger partial charge on any atom is -0.344 e. The first-order valence-corrected chi connectivity index (χ1v) is 10.3. The van der Waals surface area contributed by atoms with E-state index in [0.29, 0.717) is 13.0 Å². The summed E-state index contributed by atoms with van der Waals surface area (Å²) in [5.74, 6) is -3.45. The number of ketones is 1. The van der Waals surface area contributed by atoms with E-state index in [1.165, 1.54) is 0 Å². The van der Waals surface area contributed by atoms with E-state index in [2.05, 4.69) is 20.9 Å². The Morgan fingerprint density at radius 3 is 2.46 bits per heavy atom. The third kappa shape index (κ3) is 5.57. The molecule has 2 atom stereocenters. The fourth-order valence-corrected chi connectivity index (χ4v) is 3.97. The van der Waals surface area contributed by atoms with E-state index in [0.717, 1.165) is 24.3 Å². The van der Waals surface area contributed by atoms with Crippen LogP contribution in [0.4, 0.5) is 4.39 Å². The third-order valence-electron chi connectivity index (χ3n) is 4.21. The van der Waals surface area contributed by atoms with E-state index in [4.69, 9.17) is 0 Å². The zero-order chi connectivity index (χ0) is 20.9. The Morgan fingerprint density at radius 2 is 1.86 bits per heavy atom. The number of halogens is 1. The third-order valence-corrected chi connectivity index (χ3v) is 5.67. The molecule has 1 saturated heterocycles. The number of carbonyl (C=O) groups is 3. The molecule has 2 amide bonds. The van der Waals surface area contributed by atoms with Crippen molar-refractivity contribution in [3.05, 3.63) is 30.1 Å². The van der Waals surface area contributed by atoms with E-state index in [-0.39, 0.29) is 11.3 Å². The van der Waals surface area contributed by atoms with Crippen LogP contribution in [0.15, 0.2) is 29.2 Å². The van der Waals surface area contributed by atoms with Crippen molar-refractivity contribution in [3.8, 4) is 0 Å². The number of carbonyl (C=O) groups excluding carboxylic acids is 3. The van der Waals surface area contributed by atoms with Gasteiger partial charge in [-0.05, 0) is 43.0 Å². The zero-order valence-electron chi connectivity index (χ0n) is 15.5. The Kier molecular flexibility index (Phi) is 7.22. The van der Waals surface area contributed by atoms with Crippen LogP contribution in [-0.2, 0) is 24.4 Å². The average Bonchev–Trinajstić information content (AvgIpc) is 2.63. The molecule has 1 aromatic rings. The molecule has 4 N–H and O–H groups in total. The lowest BCUT2D eigenvalue weighted by molar-refractivity contribution is -0.141. The lowest BCUT2D eigenvalue weighted by Gasteiger charge is -2.25. The van der Waals surface area contributed by atoms with Gasteiger partial charge in [0, 0.05) is 6.54 Å². The Morgan fingerprint density at radius 1 is 1.21 bits per heavy atom. The largest absolute Gasteiger partial charge is 0.344 e. The topological polar surface area (TPSA) is 133 Å². The van der Waals surface area contributed by atoms with Gasteiger partial charge in [0.1, 0.15) is 11.9 Å². The van der Waals surface area contributed by atoms with Gasteiger partial charge in [-0.15, -0.1) is 0 Å². The van der Waals surface area contributed by atoms with E-state index in [9.17, 15) is 27.2 Å². The van der Waals surface area contributed by atoms with Gasteiger partial charge in [-0.3, -0.25) is 19.8 Å². The maximum atomic E-state index is 13.0. The van der Waals surface area contributed by atoms with Crippen molar-refractivity contribution in [2.24, 2.45) is 5.92 Å². The molecule has 0 saturated carbocycles. The summed E-state index contributed by atoms with van der Waals surface area (Å²) in [6.07, 6.45) is 0.755. The van der Waals surface area contributed by atoms with Crippen molar-refractivity contribution in [2.45, 2.75) is 43.7 Å². The number of rotatable bonds is 6. The number of hydrogen-bond acceptors (Lipinski definition) is 6. The minimum absolute atomic E-state index is 0.195. The predicted octanol–water partition coefficient (Wildman–Crippen LogP) is -0.403. The van der Waals surface area contributed by atoms with Crippen LogP contribution in [-0.4, -0.2) is 44.6 Å². The normalized spacial score (nSPS) is 19.5. The fraction of sp³-hybridized carbons (Fsp3) is 0.471. The SMILES string of the molecule is CC(C)C(NS(=O)(=O)c1ccc(F)cc1)C(=O)NC1CCCNNC(=O)C1=O. The fourth-order valence-electron chi connectivity index (χ4n) is 2.63. The molecule has 11 heteroatoms. The highest BCUT2D eigenvalue weighted by Gasteiger charge is 2.33. The van der Waals surface area contributed by atoms with Gasteiger partial charge in [-0.1, -0.05) is 13.8 Å². The summed E-state index contributed by atoms with van der Waals surface area (Å²) in [4.78, 5) is 36.3. The smallest absolute Gasteiger partial charge is 0.303 e. The van der Waals surface area contributed by atoms with Crippen LogP contribution in [0.2, 0.25) is 0 Å². The second-order valence-corrected chi connectivity index (χ2v) is 8.46. The first-order valence-electron chi connectivity index (χ1n) is 8.77. The molecule has 154 valence electrons. The number of sulfonamides is 1. The number of hydrazine groups is 1. The van der Waals surface area contributed by atoms with E-state index in [1.807, 2.05) is 0 Å². The van der Waals surface area contributed by atoms with E-state index >= 15 is 0 Å². The van der Waals surface area contributed by atoms with Gasteiger partial charge in [0.25, 0.3) is 0 Å². The summed E-state index contributed by atoms with van der Waals surface area (Å²) in [5.41, 5.74) is 4.81. The van der Waals surface area contributed by atoms with Crippen LogP contribution in [0.3, 0.4) is 0 Å². The Balaban J connectivity index is 2.16. The number of hydrogen-bond donors (Lipinski definition) is 4. The molecule has 1 aromatic carbocycles. The molecule has 0 aliphatic carbocycles. The summed E-state index contributed by atoms with van der Waals surface area (Å²) >= 11 is 0. The van der Waals surface area contributed by atoms with Crippen molar-refractivity contribution in [1.82, 2.24) is 20.9 Å². The lowest BCUT2D eigenvalue weighted by Crippen LogP contribution is -2.57. The van der Waals surface area contributed by atoms with Crippen molar-refractivity contribution in [1.29, 1.82) is 0 Å². The summed E-state index contributed by atoms with van der Waals surface area (Å²) in [6.45, 7) is 3.69. The van der Waals surface area contributed by atoms with Crippen molar-refractivity contribution < 1.29 is 27.2 Å². The predicted molar refractivity (Wildman–Crippen MR) is 97.7 cm³/mol. The second-order valence-electron chi connectivity index (χ2n) is 6.75. The highest BCUT2D eigenvalue weighted by molar-refractivity contribution is 7.89. The molecule has 0 aromatic heterocycles. The van der Waals surface area contributed by atoms with Crippen LogP contribution in [0.1, 0.15) is 26.7 Å². The molecule has 9 nitrogen and oxygen atoms in total. The van der Waals surface area contributed by atoms with Crippen LogP contribution in [0.5, 0.6) is 0 Å². The van der Waals surface area contributed by atoms with Gasteiger partial charge < -0.3 is 5.32 Å². The Labute approximate surface area is 162 Å². The maximum Gasteiger partial charge on any atom is 0.303 e. The molecule has 28 heavy (non-hydrogen) atoms. The number of nitrogens with one attached hydrogen (secondary N) is 4. The van der Waals surface area contributed by atoms with Crippen molar-refractivity contribution >= 4 is 27.6 Å². The lowest BCUT2D eigenvalue weighted by atomic mass is 10.0. The summed E-state index contributed by atoms with van der Waals surface area (Å²) in [5, 5.41) is 2.47. The molecule has 2 rings (SSSR count). The molecule has 1 aliphatic heterocycles. The molecule has 1 fully saturated rings. The standard InChI is InChI=1S/C17H23FN4O5S/c1-10(2)14(22-28(26,27)12-7-5-11(18)6-8-12)16(24)20-13-4-3-9-19-21-17(25)15(13)23/h5-8,10,13-14,19,22H,3-4,9H2,1-2H3,(H,20,24)(H,21,25). The molecule has 2 unspecified atom stereocenters. The molecule has 0 bridgehead atoms. The number of benzene rings is 1. The van der Waals surface area contributed by atoms with E-state index < -0.39 is 51.4 Å². The van der Waals surface area contributed by atoms with Crippen LogP contribution >= 0.6 is 0 Å². The van der Waals surface area contributed by atoms with Gasteiger partial charge in [0.15, 0.2) is 0 Å². The first-order chi connectivity index (χ1) is 13.1. The zero-order valence-corrected chi connectivity index (χ0v) is 16.3. The molecule has 1 heterocycles. The van der Waals surface area contributed by atoms with Crippen LogP contribution in [0.25, 0.3) is 0 Å². The van der Waals surface area contributed by atoms with Gasteiger partial charge in [0.05, 0.1) is 10.9 Å². The molecule has 0 spiro atoms. The highest BCUT2D eigenvalue weighted by Crippen LogP contribution is 2.13. The van der Waals surface area contributed by atoms with Gasteiger partial charge in [-0.25, -0.2) is 18.2 Å². The van der Waals surface area contributed by atoms with Gasteiger partial charge in [-0.2, -0.15) is 4.72 Å². The Hall–Kier alpha value is -2.37. The van der Waals surface area contributed by atoms with Crippen LogP contribution in [0, 0.1) is 11.7 Å². The Bertz CT molecular complexity index is 842. The van der Waals surface area contributed by atoms with E-state index in [1.54, 1.807) is 13.8 Å². The molecule has 0 radical (unpaired) electrons. The highest BCUT2D eigenvalue weighted by atomic mass is 32.2. The number of amides is 2. The second kappa shape index (κ2) is 9.22. The molecule has 1 aliphatic rings. The first kappa shape index (κ1) is 21.9. The van der Waals surface area contributed by atoms with Gasteiger partial charge >= 0.3 is 5.91 Å². The quantitative estimate of drug-likeness (QED) is 0.468. The summed E-state index contributed by atoms with van der Waals surface area (Å²) in [7, 11) is -4.10. The van der Waals surface area contributed by atoms with Gasteiger partial charge in [0.2, 0.25) is 21.7 Å². The number of Topliss-reactive ketones (excluding diaryl/α,β-unsaturated/α-hetero) is 1. The molecular weight excluding hydrogens is 391 g/mol. The van der Waals surface area contributed by atoms with Crippen molar-refractivity contribution in [3.63, 3.8) is 0 Å². The molecular formula is C17H23FN4O5S. The monoisotopic (exact) mass is 414 g/mol. The summed E-state index contributed by atoms with van der Waals surface area (Å²) < 4.78 is 40.4. The summed E-state index contributed by atoms with van der Waals surface area (Å²) in [6, 6.07) is 1.93. The van der Waals surface area contributed by atoms with Crippen LogP contribution < -0.4 is 20.9 Å².